The van der Waals surface area contributed by atoms with Gasteiger partial charge in [-0.1, -0.05) is 93.1 Å². The Labute approximate surface area is 239 Å². The summed E-state index contributed by atoms with van der Waals surface area (Å²) in [7, 11) is -3.80. The van der Waals surface area contributed by atoms with Crippen LogP contribution in [0.15, 0.2) is 78.9 Å². The fourth-order valence-electron chi connectivity index (χ4n) is 4.68. The molecule has 3 aromatic rings. The van der Waals surface area contributed by atoms with Crippen molar-refractivity contribution in [3.63, 3.8) is 0 Å². The largest absolute Gasteiger partial charge is 0.354 e. The summed E-state index contributed by atoms with van der Waals surface area (Å²) >= 11 is 0. The van der Waals surface area contributed by atoms with E-state index in [4.69, 9.17) is 0 Å². The molecule has 7 nitrogen and oxygen atoms in total. The predicted octanol–water partition coefficient (Wildman–Crippen LogP) is 4.88. The number of hydrogen-bond acceptors (Lipinski definition) is 4. The van der Waals surface area contributed by atoms with Crippen molar-refractivity contribution in [2.45, 2.75) is 59.0 Å². The highest BCUT2D eigenvalue weighted by atomic mass is 32.2. The lowest BCUT2D eigenvalue weighted by Crippen LogP contribution is -2.53. The molecule has 2 amide bonds. The van der Waals surface area contributed by atoms with Crippen LogP contribution in [0.25, 0.3) is 0 Å². The molecule has 1 N–H and O–H groups in total. The molecule has 0 saturated heterocycles. The average Bonchev–Trinajstić information content (AvgIpc) is 2.94. The molecule has 3 aromatic carbocycles. The molecular weight excluding hydrogens is 522 g/mol. The summed E-state index contributed by atoms with van der Waals surface area (Å²) in [6.45, 7) is 6.24. The SMILES string of the molecule is CCCCNC(=O)[C@H](Cc1ccccc1)N(Cc1ccccc1C)C(=O)CN(c1ccccc1CC)S(C)(=O)=O. The third-order valence-corrected chi connectivity index (χ3v) is 8.15. The van der Waals surface area contributed by atoms with E-state index >= 15 is 0 Å². The van der Waals surface area contributed by atoms with Gasteiger partial charge in [-0.05, 0) is 48.1 Å². The second-order valence-corrected chi connectivity index (χ2v) is 12.0. The number of carbonyl (C=O) groups is 2. The minimum absolute atomic E-state index is 0.178. The molecule has 0 unspecified atom stereocenters. The first-order chi connectivity index (χ1) is 19.2. The van der Waals surface area contributed by atoms with Gasteiger partial charge in [0.25, 0.3) is 0 Å². The predicted molar refractivity (Wildman–Crippen MR) is 162 cm³/mol. The van der Waals surface area contributed by atoms with E-state index in [1.807, 2.05) is 80.6 Å². The lowest BCUT2D eigenvalue weighted by atomic mass is 10.0. The highest BCUT2D eigenvalue weighted by Gasteiger charge is 2.33. The molecular formula is C32H41N3O4S. The van der Waals surface area contributed by atoms with Crippen LogP contribution in [-0.4, -0.2) is 50.5 Å². The maximum atomic E-state index is 14.2. The normalized spacial score (nSPS) is 12.0. The summed E-state index contributed by atoms with van der Waals surface area (Å²) in [5.41, 5.74) is 4.10. The molecule has 0 heterocycles. The number of nitrogens with zero attached hydrogens (tertiary/aromatic N) is 2. The van der Waals surface area contributed by atoms with Crippen LogP contribution in [0.1, 0.15) is 48.9 Å². The van der Waals surface area contributed by atoms with Crippen molar-refractivity contribution in [1.82, 2.24) is 10.2 Å². The maximum absolute atomic E-state index is 14.2. The van der Waals surface area contributed by atoms with E-state index < -0.39 is 28.5 Å². The Morgan fingerprint density at radius 2 is 1.50 bits per heavy atom. The Morgan fingerprint density at radius 3 is 2.12 bits per heavy atom. The summed E-state index contributed by atoms with van der Waals surface area (Å²) in [5.74, 6) is -0.690. The monoisotopic (exact) mass is 563 g/mol. The van der Waals surface area contributed by atoms with Crippen molar-refractivity contribution < 1.29 is 18.0 Å². The highest BCUT2D eigenvalue weighted by Crippen LogP contribution is 2.25. The molecule has 3 rings (SSSR count). The van der Waals surface area contributed by atoms with E-state index in [1.54, 1.807) is 17.0 Å². The van der Waals surface area contributed by atoms with Crippen LogP contribution in [0, 0.1) is 6.92 Å². The molecule has 1 atom stereocenters. The summed E-state index contributed by atoms with van der Waals surface area (Å²) in [6, 6.07) is 23.7. The molecule has 0 aliphatic carbocycles. The third kappa shape index (κ3) is 8.42. The summed E-state index contributed by atoms with van der Waals surface area (Å²) in [6.07, 6.45) is 3.78. The van der Waals surface area contributed by atoms with Crippen molar-refractivity contribution in [2.24, 2.45) is 0 Å². The molecule has 0 aliphatic rings. The number of anilines is 1. The number of unbranched alkanes of at least 4 members (excludes halogenated alkanes) is 1. The highest BCUT2D eigenvalue weighted by molar-refractivity contribution is 7.92. The van der Waals surface area contributed by atoms with Crippen molar-refractivity contribution in [1.29, 1.82) is 0 Å². The topological polar surface area (TPSA) is 86.8 Å². The lowest BCUT2D eigenvalue weighted by Gasteiger charge is -2.34. The molecule has 0 aromatic heterocycles. The first kappa shape index (κ1) is 30.9. The molecule has 40 heavy (non-hydrogen) atoms. The van der Waals surface area contributed by atoms with Crippen molar-refractivity contribution in [2.75, 3.05) is 23.7 Å². The van der Waals surface area contributed by atoms with E-state index in [9.17, 15) is 18.0 Å². The van der Waals surface area contributed by atoms with Crippen molar-refractivity contribution in [3.05, 3.63) is 101 Å². The Morgan fingerprint density at radius 1 is 0.875 bits per heavy atom. The number of rotatable bonds is 14. The number of aryl methyl sites for hydroxylation is 2. The molecule has 0 fully saturated rings. The zero-order valence-electron chi connectivity index (χ0n) is 24.0. The van der Waals surface area contributed by atoms with Crippen LogP contribution in [0.2, 0.25) is 0 Å². The van der Waals surface area contributed by atoms with E-state index in [0.717, 1.165) is 45.7 Å². The van der Waals surface area contributed by atoms with Crippen molar-refractivity contribution in [3.8, 4) is 0 Å². The van der Waals surface area contributed by atoms with Gasteiger partial charge in [-0.15, -0.1) is 0 Å². The Bertz CT molecular complexity index is 1380. The van der Waals surface area contributed by atoms with Gasteiger partial charge in [-0.3, -0.25) is 13.9 Å². The van der Waals surface area contributed by atoms with Gasteiger partial charge in [0, 0.05) is 19.5 Å². The zero-order chi connectivity index (χ0) is 29.1. The average molecular weight is 564 g/mol. The van der Waals surface area contributed by atoms with Gasteiger partial charge >= 0.3 is 0 Å². The fraction of sp³-hybridized carbons (Fsp3) is 0.375. The van der Waals surface area contributed by atoms with E-state index in [1.165, 1.54) is 0 Å². The van der Waals surface area contributed by atoms with E-state index in [2.05, 4.69) is 12.2 Å². The zero-order valence-corrected chi connectivity index (χ0v) is 24.8. The number of benzene rings is 3. The number of amides is 2. The van der Waals surface area contributed by atoms with Crippen LogP contribution in [0.3, 0.4) is 0 Å². The van der Waals surface area contributed by atoms with Crippen molar-refractivity contribution >= 4 is 27.5 Å². The smallest absolute Gasteiger partial charge is 0.244 e. The Hall–Kier alpha value is -3.65. The second kappa shape index (κ2) is 14.7. The third-order valence-electron chi connectivity index (χ3n) is 7.02. The molecule has 0 bridgehead atoms. The summed E-state index contributed by atoms with van der Waals surface area (Å²) in [4.78, 5) is 29.4. The molecule has 0 spiro atoms. The first-order valence-corrected chi connectivity index (χ1v) is 15.7. The van der Waals surface area contributed by atoms with Crippen LogP contribution < -0.4 is 9.62 Å². The van der Waals surface area contributed by atoms with E-state index in [0.29, 0.717) is 25.1 Å². The van der Waals surface area contributed by atoms with Gasteiger partial charge in [0.05, 0.1) is 11.9 Å². The van der Waals surface area contributed by atoms with Gasteiger partial charge in [-0.2, -0.15) is 0 Å². The van der Waals surface area contributed by atoms with Crippen LogP contribution in [0.5, 0.6) is 0 Å². The van der Waals surface area contributed by atoms with Gasteiger partial charge in [0.1, 0.15) is 12.6 Å². The van der Waals surface area contributed by atoms with Gasteiger partial charge in [0.15, 0.2) is 0 Å². The molecule has 0 saturated carbocycles. The number of nitrogens with one attached hydrogen (secondary N) is 1. The van der Waals surface area contributed by atoms with Crippen LogP contribution in [-0.2, 0) is 39.0 Å². The van der Waals surface area contributed by atoms with Crippen LogP contribution in [0.4, 0.5) is 5.69 Å². The Balaban J connectivity index is 2.06. The molecule has 214 valence electrons. The summed E-state index contributed by atoms with van der Waals surface area (Å²) < 4.78 is 27.2. The quantitative estimate of drug-likeness (QED) is 0.283. The standard InChI is InChI=1S/C32H41N3O4S/c1-5-7-21-33-32(37)30(22-26-16-9-8-10-17-26)34(23-28-19-12-11-15-25(28)3)31(36)24-35(40(4,38)39)29-20-14-13-18-27(29)6-2/h8-20,30H,5-7,21-24H2,1-4H3,(H,33,37)/t30-/m0/s1. The minimum atomic E-state index is -3.80. The Kier molecular flexibility index (Phi) is 11.3. The van der Waals surface area contributed by atoms with Gasteiger partial charge < -0.3 is 10.2 Å². The fourth-order valence-corrected chi connectivity index (χ4v) is 5.56. The van der Waals surface area contributed by atoms with E-state index in [-0.39, 0.29) is 12.5 Å². The first-order valence-electron chi connectivity index (χ1n) is 13.9. The van der Waals surface area contributed by atoms with Gasteiger partial charge in [-0.25, -0.2) is 8.42 Å². The number of sulfonamides is 1. The maximum Gasteiger partial charge on any atom is 0.244 e. The summed E-state index contributed by atoms with van der Waals surface area (Å²) in [5, 5.41) is 3.01. The lowest BCUT2D eigenvalue weighted by molar-refractivity contribution is -0.140. The van der Waals surface area contributed by atoms with Gasteiger partial charge in [0.2, 0.25) is 21.8 Å². The van der Waals surface area contributed by atoms with Crippen LogP contribution >= 0.6 is 0 Å². The molecule has 8 heteroatoms. The second-order valence-electron chi connectivity index (χ2n) is 10.1. The molecule has 0 radical (unpaired) electrons. The number of para-hydroxylation sites is 1. The molecule has 0 aliphatic heterocycles. The minimum Gasteiger partial charge on any atom is -0.354 e. The number of hydrogen-bond donors (Lipinski definition) is 1. The number of carbonyl (C=O) groups excluding carboxylic acids is 2.